The molecule has 0 bridgehead atoms. The molecule has 0 atom stereocenters. The molecule has 16 heavy (non-hydrogen) atoms. The fourth-order valence-corrected chi connectivity index (χ4v) is 1.31. The van der Waals surface area contributed by atoms with Gasteiger partial charge in [-0.3, -0.25) is 0 Å². The third-order valence-electron chi connectivity index (χ3n) is 2.58. The van der Waals surface area contributed by atoms with E-state index in [4.69, 9.17) is 5.73 Å². The summed E-state index contributed by atoms with van der Waals surface area (Å²) < 4.78 is 0. The maximum absolute atomic E-state index is 5.82. The Morgan fingerprint density at radius 1 is 1.12 bits per heavy atom. The quantitative estimate of drug-likeness (QED) is 0.597. The van der Waals surface area contributed by atoms with Crippen molar-refractivity contribution in [2.45, 2.75) is 40.0 Å². The van der Waals surface area contributed by atoms with Gasteiger partial charge in [-0.1, -0.05) is 46.8 Å². The van der Waals surface area contributed by atoms with Gasteiger partial charge in [-0.15, -0.1) is 0 Å². The third-order valence-corrected chi connectivity index (χ3v) is 2.58. The minimum absolute atomic E-state index is 0.186. The van der Waals surface area contributed by atoms with Crippen LogP contribution in [0.4, 0.5) is 5.69 Å². The zero-order valence-corrected chi connectivity index (χ0v) is 10.9. The molecule has 1 rings (SSSR count). The van der Waals surface area contributed by atoms with Crippen LogP contribution in [0.5, 0.6) is 0 Å². The van der Waals surface area contributed by atoms with Crippen molar-refractivity contribution in [1.29, 1.82) is 0 Å². The maximum Gasteiger partial charge on any atom is 0.102 e. The first-order valence-electron chi connectivity index (χ1n) is 5.75. The van der Waals surface area contributed by atoms with Crippen molar-refractivity contribution >= 4 is 11.5 Å². The largest absolute Gasteiger partial charge is 0.387 e. The van der Waals surface area contributed by atoms with Crippen LogP contribution in [0, 0.1) is 5.92 Å². The van der Waals surface area contributed by atoms with Crippen LogP contribution >= 0.6 is 0 Å². The highest BCUT2D eigenvalue weighted by atomic mass is 14.9. The number of aliphatic imine (C=N–C) groups is 1. The molecule has 0 aliphatic heterocycles. The molecule has 2 N–H and O–H groups in total. The topological polar surface area (TPSA) is 38.4 Å². The van der Waals surface area contributed by atoms with E-state index in [2.05, 4.69) is 37.9 Å². The van der Waals surface area contributed by atoms with Crippen molar-refractivity contribution in [3.63, 3.8) is 0 Å². The van der Waals surface area contributed by atoms with Gasteiger partial charge in [0.1, 0.15) is 5.84 Å². The van der Waals surface area contributed by atoms with E-state index in [1.165, 1.54) is 5.56 Å². The van der Waals surface area contributed by atoms with Crippen LogP contribution in [0.1, 0.15) is 40.2 Å². The lowest BCUT2D eigenvalue weighted by Crippen LogP contribution is -2.18. The van der Waals surface area contributed by atoms with Crippen LogP contribution in [0.25, 0.3) is 0 Å². The molecule has 88 valence electrons. The summed E-state index contributed by atoms with van der Waals surface area (Å²) in [6, 6.07) is 8.28. The van der Waals surface area contributed by atoms with Gasteiger partial charge in [-0.2, -0.15) is 0 Å². The number of nitrogens with two attached hydrogens (primary N) is 1. The van der Waals surface area contributed by atoms with Gasteiger partial charge in [-0.25, -0.2) is 4.99 Å². The predicted octanol–water partition coefficient (Wildman–Crippen LogP) is 3.63. The highest BCUT2D eigenvalue weighted by molar-refractivity contribution is 5.84. The molecule has 0 aromatic heterocycles. The summed E-state index contributed by atoms with van der Waals surface area (Å²) in [5.41, 5.74) is 8.25. The summed E-state index contributed by atoms with van der Waals surface area (Å²) in [5, 5.41) is 0. The van der Waals surface area contributed by atoms with Gasteiger partial charge in [0.15, 0.2) is 0 Å². The summed E-state index contributed by atoms with van der Waals surface area (Å²) in [6.45, 7) is 10.7. The second-order valence-corrected chi connectivity index (χ2v) is 5.49. The molecule has 2 nitrogen and oxygen atoms in total. The van der Waals surface area contributed by atoms with Gasteiger partial charge >= 0.3 is 0 Å². The molecule has 0 saturated heterocycles. The number of nitrogens with zero attached hydrogens (tertiary/aromatic N) is 1. The summed E-state index contributed by atoms with van der Waals surface area (Å²) in [5.74, 6) is 0.978. The number of hydrogen-bond donors (Lipinski definition) is 1. The monoisotopic (exact) mass is 218 g/mol. The summed E-state index contributed by atoms with van der Waals surface area (Å²) >= 11 is 0. The van der Waals surface area contributed by atoms with Crippen LogP contribution in [0.15, 0.2) is 29.3 Å². The molecule has 0 saturated carbocycles. The normalized spacial score (nSPS) is 13.2. The molecule has 0 amide bonds. The summed E-state index contributed by atoms with van der Waals surface area (Å²) in [7, 11) is 0. The molecule has 0 radical (unpaired) electrons. The number of hydrogen-bond acceptors (Lipinski definition) is 1. The average Bonchev–Trinajstić information content (AvgIpc) is 2.17. The van der Waals surface area contributed by atoms with E-state index in [0.29, 0.717) is 11.8 Å². The van der Waals surface area contributed by atoms with Crippen LogP contribution in [0.2, 0.25) is 0 Å². The molecular formula is C14H22N2. The average molecular weight is 218 g/mol. The Kier molecular flexibility index (Phi) is 3.74. The van der Waals surface area contributed by atoms with Crippen LogP contribution in [0.3, 0.4) is 0 Å². The zero-order valence-electron chi connectivity index (χ0n) is 10.9. The molecule has 0 aliphatic rings. The van der Waals surface area contributed by atoms with E-state index in [1.807, 2.05) is 26.0 Å². The Labute approximate surface area is 98.6 Å². The van der Waals surface area contributed by atoms with Crippen LogP contribution in [-0.4, -0.2) is 5.84 Å². The van der Waals surface area contributed by atoms with E-state index in [0.717, 1.165) is 5.69 Å². The first kappa shape index (κ1) is 12.8. The third kappa shape index (κ3) is 3.37. The Morgan fingerprint density at radius 3 is 2.00 bits per heavy atom. The summed E-state index contributed by atoms with van der Waals surface area (Å²) in [4.78, 5) is 4.38. The van der Waals surface area contributed by atoms with E-state index < -0.39 is 0 Å². The number of benzene rings is 1. The number of rotatable bonds is 2. The Balaban J connectivity index is 2.92. The second kappa shape index (κ2) is 4.69. The van der Waals surface area contributed by atoms with E-state index in [1.54, 1.807) is 0 Å². The van der Waals surface area contributed by atoms with Gasteiger partial charge in [0.25, 0.3) is 0 Å². The summed E-state index contributed by atoms with van der Waals surface area (Å²) in [6.07, 6.45) is 0. The molecule has 0 spiro atoms. The van der Waals surface area contributed by atoms with E-state index in [9.17, 15) is 0 Å². The van der Waals surface area contributed by atoms with Crippen molar-refractivity contribution in [3.8, 4) is 0 Å². The fraction of sp³-hybridized carbons (Fsp3) is 0.500. The van der Waals surface area contributed by atoms with Gasteiger partial charge in [0.2, 0.25) is 0 Å². The zero-order chi connectivity index (χ0) is 12.3. The van der Waals surface area contributed by atoms with E-state index >= 15 is 0 Å². The standard InChI is InChI=1S/C14H22N2/c1-10(2)13(15)16-12-8-6-11(7-9-12)14(3,4)5/h6-10H,1-5H3,(H2,15,16). The van der Waals surface area contributed by atoms with Gasteiger partial charge in [-0.05, 0) is 23.1 Å². The first-order valence-corrected chi connectivity index (χ1v) is 5.75. The molecule has 0 fully saturated rings. The number of amidine groups is 1. The molecule has 1 aromatic rings. The van der Waals surface area contributed by atoms with Crippen LogP contribution in [-0.2, 0) is 5.41 Å². The second-order valence-electron chi connectivity index (χ2n) is 5.49. The molecule has 0 aliphatic carbocycles. The lowest BCUT2D eigenvalue weighted by molar-refractivity contribution is 0.590. The van der Waals surface area contributed by atoms with Gasteiger partial charge in [0.05, 0.1) is 5.69 Å². The first-order chi connectivity index (χ1) is 7.30. The lowest BCUT2D eigenvalue weighted by atomic mass is 9.87. The van der Waals surface area contributed by atoms with Gasteiger partial charge < -0.3 is 5.73 Å². The van der Waals surface area contributed by atoms with Crippen molar-refractivity contribution in [3.05, 3.63) is 29.8 Å². The van der Waals surface area contributed by atoms with Crippen molar-refractivity contribution < 1.29 is 0 Å². The minimum Gasteiger partial charge on any atom is -0.387 e. The maximum atomic E-state index is 5.82. The van der Waals surface area contributed by atoms with Crippen molar-refractivity contribution in [2.24, 2.45) is 16.6 Å². The Hall–Kier alpha value is -1.31. The molecule has 1 aromatic carbocycles. The Bertz CT molecular complexity index is 367. The van der Waals surface area contributed by atoms with E-state index in [-0.39, 0.29) is 5.41 Å². The van der Waals surface area contributed by atoms with Gasteiger partial charge in [0, 0.05) is 5.92 Å². The fourth-order valence-electron chi connectivity index (χ4n) is 1.31. The highest BCUT2D eigenvalue weighted by Crippen LogP contribution is 2.24. The minimum atomic E-state index is 0.186. The SMILES string of the molecule is CC(C)C(N)=Nc1ccc(C(C)(C)C)cc1. The molecule has 2 heteroatoms. The predicted molar refractivity (Wildman–Crippen MR) is 71.3 cm³/mol. The van der Waals surface area contributed by atoms with Crippen LogP contribution < -0.4 is 5.73 Å². The molecular weight excluding hydrogens is 196 g/mol. The Morgan fingerprint density at radius 2 is 1.62 bits per heavy atom. The molecule has 0 unspecified atom stereocenters. The van der Waals surface area contributed by atoms with Crippen molar-refractivity contribution in [1.82, 2.24) is 0 Å². The smallest absolute Gasteiger partial charge is 0.102 e. The van der Waals surface area contributed by atoms with Crippen molar-refractivity contribution in [2.75, 3.05) is 0 Å². The lowest BCUT2D eigenvalue weighted by Gasteiger charge is -2.18. The molecule has 0 heterocycles. The highest BCUT2D eigenvalue weighted by Gasteiger charge is 2.12.